The van der Waals surface area contributed by atoms with Crippen LogP contribution < -0.4 is 10.1 Å². The fourth-order valence-electron chi connectivity index (χ4n) is 1.92. The Balaban J connectivity index is 1.85. The van der Waals surface area contributed by atoms with Gasteiger partial charge in [0.1, 0.15) is 5.75 Å². The summed E-state index contributed by atoms with van der Waals surface area (Å²) < 4.78 is 42.4. The molecule has 0 saturated carbocycles. The summed E-state index contributed by atoms with van der Waals surface area (Å²) in [5, 5.41) is 3.21. The number of anilines is 1. The van der Waals surface area contributed by atoms with Crippen LogP contribution in [0.3, 0.4) is 0 Å². The largest absolute Gasteiger partial charge is 0.497 e. The number of benzene rings is 2. The number of methoxy groups -OCH3 is 1. The smallest absolute Gasteiger partial charge is 0.416 e. The van der Waals surface area contributed by atoms with E-state index >= 15 is 0 Å². The molecule has 0 spiro atoms. The van der Waals surface area contributed by atoms with Crippen LogP contribution in [0.15, 0.2) is 48.5 Å². The van der Waals surface area contributed by atoms with Gasteiger partial charge in [0.25, 0.3) is 0 Å². The van der Waals surface area contributed by atoms with Crippen LogP contribution in [0.5, 0.6) is 5.75 Å². The molecule has 0 aromatic heterocycles. The Bertz CT molecular complexity index is 562. The van der Waals surface area contributed by atoms with Crippen molar-refractivity contribution in [3.63, 3.8) is 0 Å². The van der Waals surface area contributed by atoms with Gasteiger partial charge >= 0.3 is 6.18 Å². The molecule has 0 fully saturated rings. The van der Waals surface area contributed by atoms with Gasteiger partial charge in [0.05, 0.1) is 12.7 Å². The van der Waals surface area contributed by atoms with Gasteiger partial charge in [-0.25, -0.2) is 0 Å². The molecule has 21 heavy (non-hydrogen) atoms. The second-order valence-corrected chi connectivity index (χ2v) is 4.60. The van der Waals surface area contributed by atoms with Gasteiger partial charge in [-0.05, 0) is 48.4 Å². The van der Waals surface area contributed by atoms with Gasteiger partial charge in [-0.15, -0.1) is 0 Å². The minimum Gasteiger partial charge on any atom is -0.497 e. The number of ether oxygens (including phenoxy) is 1. The number of hydrogen-bond donors (Lipinski definition) is 1. The molecule has 2 nitrogen and oxygen atoms in total. The fraction of sp³-hybridized carbons (Fsp3) is 0.250. The van der Waals surface area contributed by atoms with Gasteiger partial charge in [-0.3, -0.25) is 0 Å². The lowest BCUT2D eigenvalue weighted by Crippen LogP contribution is -2.07. The first kappa shape index (κ1) is 15.2. The van der Waals surface area contributed by atoms with E-state index in [0.717, 1.165) is 29.1 Å². The first-order chi connectivity index (χ1) is 9.99. The second-order valence-electron chi connectivity index (χ2n) is 4.60. The van der Waals surface area contributed by atoms with Crippen molar-refractivity contribution in [2.24, 2.45) is 0 Å². The van der Waals surface area contributed by atoms with Crippen molar-refractivity contribution in [2.75, 3.05) is 19.0 Å². The highest BCUT2D eigenvalue weighted by Crippen LogP contribution is 2.29. The standard InChI is InChI=1S/C16H16F3NO/c1-21-15-8-6-14(7-9-15)20-11-10-12-2-4-13(5-3-12)16(17,18)19/h2-9,20H,10-11H2,1H3. The van der Waals surface area contributed by atoms with Gasteiger partial charge in [-0.1, -0.05) is 12.1 Å². The lowest BCUT2D eigenvalue weighted by Gasteiger charge is -2.09. The van der Waals surface area contributed by atoms with Crippen LogP contribution in [0.1, 0.15) is 11.1 Å². The van der Waals surface area contributed by atoms with Gasteiger partial charge in [0, 0.05) is 12.2 Å². The van der Waals surface area contributed by atoms with Crippen LogP contribution in [-0.2, 0) is 12.6 Å². The molecule has 2 aromatic rings. The van der Waals surface area contributed by atoms with Crippen molar-refractivity contribution in [1.29, 1.82) is 0 Å². The summed E-state index contributed by atoms with van der Waals surface area (Å²) in [4.78, 5) is 0. The second kappa shape index (κ2) is 6.52. The molecule has 0 aliphatic rings. The molecule has 0 unspecified atom stereocenters. The number of rotatable bonds is 5. The van der Waals surface area contributed by atoms with E-state index in [4.69, 9.17) is 4.74 Å². The average Bonchev–Trinajstić information content (AvgIpc) is 2.47. The number of hydrogen-bond acceptors (Lipinski definition) is 2. The maximum atomic E-state index is 12.4. The molecular weight excluding hydrogens is 279 g/mol. The van der Waals surface area contributed by atoms with Crippen molar-refractivity contribution in [3.05, 3.63) is 59.7 Å². The Morgan fingerprint density at radius 1 is 0.952 bits per heavy atom. The summed E-state index contributed by atoms with van der Waals surface area (Å²) in [7, 11) is 1.60. The van der Waals surface area contributed by atoms with Crippen LogP contribution in [0.25, 0.3) is 0 Å². The molecule has 0 heterocycles. The third-order valence-electron chi connectivity index (χ3n) is 3.11. The third kappa shape index (κ3) is 4.41. The lowest BCUT2D eigenvalue weighted by molar-refractivity contribution is -0.137. The molecule has 0 atom stereocenters. The topological polar surface area (TPSA) is 21.3 Å². The highest BCUT2D eigenvalue weighted by atomic mass is 19.4. The molecule has 2 rings (SSSR count). The van der Waals surface area contributed by atoms with Gasteiger partial charge < -0.3 is 10.1 Å². The molecule has 0 bridgehead atoms. The van der Waals surface area contributed by atoms with Crippen molar-refractivity contribution in [1.82, 2.24) is 0 Å². The molecule has 0 radical (unpaired) electrons. The minimum absolute atomic E-state index is 0.616. The predicted molar refractivity (Wildman–Crippen MR) is 76.6 cm³/mol. The van der Waals surface area contributed by atoms with E-state index in [9.17, 15) is 13.2 Å². The van der Waals surface area contributed by atoms with E-state index in [1.54, 1.807) is 7.11 Å². The highest BCUT2D eigenvalue weighted by Gasteiger charge is 2.29. The quantitative estimate of drug-likeness (QED) is 0.884. The van der Waals surface area contributed by atoms with Crippen LogP contribution in [0.4, 0.5) is 18.9 Å². The van der Waals surface area contributed by atoms with E-state index in [-0.39, 0.29) is 0 Å². The normalized spacial score (nSPS) is 11.2. The monoisotopic (exact) mass is 295 g/mol. The number of alkyl halides is 3. The van der Waals surface area contributed by atoms with Crippen LogP contribution in [-0.4, -0.2) is 13.7 Å². The predicted octanol–water partition coefficient (Wildman–Crippen LogP) is 4.37. The molecule has 112 valence electrons. The molecule has 0 saturated heterocycles. The fourth-order valence-corrected chi connectivity index (χ4v) is 1.92. The van der Waals surface area contributed by atoms with E-state index in [0.29, 0.717) is 13.0 Å². The first-order valence-corrected chi connectivity index (χ1v) is 6.53. The summed E-state index contributed by atoms with van der Waals surface area (Å²) >= 11 is 0. The zero-order valence-corrected chi connectivity index (χ0v) is 11.6. The Kier molecular flexibility index (Phi) is 4.73. The maximum absolute atomic E-state index is 12.4. The van der Waals surface area contributed by atoms with Gasteiger partial charge in [0.2, 0.25) is 0 Å². The highest BCUT2D eigenvalue weighted by molar-refractivity contribution is 5.46. The van der Waals surface area contributed by atoms with Crippen LogP contribution >= 0.6 is 0 Å². The van der Waals surface area contributed by atoms with Gasteiger partial charge in [-0.2, -0.15) is 13.2 Å². The van der Waals surface area contributed by atoms with E-state index < -0.39 is 11.7 Å². The SMILES string of the molecule is COc1ccc(NCCc2ccc(C(F)(F)F)cc2)cc1. The molecule has 0 aliphatic heterocycles. The maximum Gasteiger partial charge on any atom is 0.416 e. The van der Waals surface area contributed by atoms with Crippen molar-refractivity contribution in [2.45, 2.75) is 12.6 Å². The van der Waals surface area contributed by atoms with Crippen LogP contribution in [0.2, 0.25) is 0 Å². The minimum atomic E-state index is -4.28. The Hall–Kier alpha value is -2.17. The van der Waals surface area contributed by atoms with E-state index in [1.165, 1.54) is 12.1 Å². The average molecular weight is 295 g/mol. The molecule has 2 aromatic carbocycles. The van der Waals surface area contributed by atoms with Crippen molar-refractivity contribution < 1.29 is 17.9 Å². The summed E-state index contributed by atoms with van der Waals surface area (Å²) in [5.41, 5.74) is 1.20. The molecule has 1 N–H and O–H groups in total. The number of halogens is 3. The molecular formula is C16H16F3NO. The summed E-state index contributed by atoms with van der Waals surface area (Å²) in [6, 6.07) is 12.7. The number of nitrogens with one attached hydrogen (secondary N) is 1. The lowest BCUT2D eigenvalue weighted by atomic mass is 10.1. The summed E-state index contributed by atoms with van der Waals surface area (Å²) in [6.07, 6.45) is -3.62. The van der Waals surface area contributed by atoms with E-state index in [1.807, 2.05) is 24.3 Å². The van der Waals surface area contributed by atoms with Crippen molar-refractivity contribution in [3.8, 4) is 5.75 Å². The first-order valence-electron chi connectivity index (χ1n) is 6.53. The third-order valence-corrected chi connectivity index (χ3v) is 3.11. The van der Waals surface area contributed by atoms with E-state index in [2.05, 4.69) is 5.32 Å². The summed E-state index contributed by atoms with van der Waals surface area (Å²) in [6.45, 7) is 0.650. The molecule has 5 heteroatoms. The zero-order valence-electron chi connectivity index (χ0n) is 11.6. The van der Waals surface area contributed by atoms with Gasteiger partial charge in [0.15, 0.2) is 0 Å². The molecule has 0 amide bonds. The Labute approximate surface area is 121 Å². The van der Waals surface area contributed by atoms with Crippen molar-refractivity contribution >= 4 is 5.69 Å². The zero-order chi connectivity index (χ0) is 15.3. The molecule has 0 aliphatic carbocycles. The summed E-state index contributed by atoms with van der Waals surface area (Å²) in [5.74, 6) is 0.781. The Morgan fingerprint density at radius 2 is 1.57 bits per heavy atom. The Morgan fingerprint density at radius 3 is 2.10 bits per heavy atom. The van der Waals surface area contributed by atoms with Crippen LogP contribution in [0, 0.1) is 0 Å².